The standard InChI is InChI=1S/C13H20O2/c1-11(2)10-12-4-6-13(7-5-12)15-9-8-14-3/h4-7,11H,8-10H2,1-3H3. The van der Waals surface area contributed by atoms with Crippen LogP contribution in [0, 0.1) is 5.92 Å². The Morgan fingerprint density at radius 2 is 1.73 bits per heavy atom. The third-order valence-corrected chi connectivity index (χ3v) is 2.12. The van der Waals surface area contributed by atoms with Gasteiger partial charge in [0.1, 0.15) is 12.4 Å². The van der Waals surface area contributed by atoms with E-state index in [9.17, 15) is 0 Å². The number of rotatable bonds is 6. The Balaban J connectivity index is 2.42. The average Bonchev–Trinajstić information content (AvgIpc) is 2.20. The van der Waals surface area contributed by atoms with Gasteiger partial charge in [-0.3, -0.25) is 0 Å². The minimum atomic E-state index is 0.611. The van der Waals surface area contributed by atoms with Crippen molar-refractivity contribution in [3.8, 4) is 5.75 Å². The lowest BCUT2D eigenvalue weighted by atomic mass is 10.0. The van der Waals surface area contributed by atoms with Gasteiger partial charge >= 0.3 is 0 Å². The van der Waals surface area contributed by atoms with Crippen LogP contribution >= 0.6 is 0 Å². The summed E-state index contributed by atoms with van der Waals surface area (Å²) in [7, 11) is 1.68. The smallest absolute Gasteiger partial charge is 0.119 e. The topological polar surface area (TPSA) is 18.5 Å². The Hall–Kier alpha value is -1.02. The Kier molecular flexibility index (Phi) is 5.19. The fourth-order valence-corrected chi connectivity index (χ4v) is 1.44. The molecule has 1 aromatic carbocycles. The number of ether oxygens (including phenoxy) is 2. The van der Waals surface area contributed by atoms with E-state index in [0.29, 0.717) is 19.1 Å². The van der Waals surface area contributed by atoms with Crippen molar-refractivity contribution in [1.82, 2.24) is 0 Å². The minimum Gasteiger partial charge on any atom is -0.491 e. The van der Waals surface area contributed by atoms with Gasteiger partial charge in [0.05, 0.1) is 6.61 Å². The number of hydrogen-bond acceptors (Lipinski definition) is 2. The van der Waals surface area contributed by atoms with Gasteiger partial charge in [-0.25, -0.2) is 0 Å². The third kappa shape index (κ3) is 4.84. The first-order valence-corrected chi connectivity index (χ1v) is 5.43. The Morgan fingerprint density at radius 3 is 2.27 bits per heavy atom. The lowest BCUT2D eigenvalue weighted by Gasteiger charge is -2.08. The van der Waals surface area contributed by atoms with Crippen LogP contribution in [0.3, 0.4) is 0 Å². The van der Waals surface area contributed by atoms with Crippen molar-refractivity contribution in [3.05, 3.63) is 29.8 Å². The fraction of sp³-hybridized carbons (Fsp3) is 0.538. The van der Waals surface area contributed by atoms with Gasteiger partial charge < -0.3 is 9.47 Å². The van der Waals surface area contributed by atoms with Gasteiger partial charge in [0.2, 0.25) is 0 Å². The third-order valence-electron chi connectivity index (χ3n) is 2.12. The zero-order valence-corrected chi connectivity index (χ0v) is 9.82. The van der Waals surface area contributed by atoms with Crippen LogP contribution in [0.5, 0.6) is 5.75 Å². The molecular formula is C13H20O2. The molecule has 0 N–H and O–H groups in total. The highest BCUT2D eigenvalue weighted by atomic mass is 16.5. The molecule has 0 aliphatic carbocycles. The maximum Gasteiger partial charge on any atom is 0.119 e. The first-order chi connectivity index (χ1) is 7.22. The van der Waals surface area contributed by atoms with Crippen molar-refractivity contribution >= 4 is 0 Å². The van der Waals surface area contributed by atoms with Gasteiger partial charge in [-0.2, -0.15) is 0 Å². The van der Waals surface area contributed by atoms with E-state index < -0.39 is 0 Å². The Bertz CT molecular complexity index is 264. The van der Waals surface area contributed by atoms with Crippen molar-refractivity contribution in [3.63, 3.8) is 0 Å². The van der Waals surface area contributed by atoms with E-state index in [-0.39, 0.29) is 0 Å². The Morgan fingerprint density at radius 1 is 1.07 bits per heavy atom. The quantitative estimate of drug-likeness (QED) is 0.669. The summed E-state index contributed by atoms with van der Waals surface area (Å²) in [6.45, 7) is 5.69. The van der Waals surface area contributed by atoms with Crippen LogP contribution in [0.1, 0.15) is 19.4 Å². The maximum absolute atomic E-state index is 5.48. The second-order valence-corrected chi connectivity index (χ2v) is 4.08. The molecule has 0 fully saturated rings. The molecule has 0 radical (unpaired) electrons. The normalized spacial score (nSPS) is 10.7. The van der Waals surface area contributed by atoms with Crippen LogP contribution in [-0.2, 0) is 11.2 Å². The molecule has 0 bridgehead atoms. The predicted octanol–water partition coefficient (Wildman–Crippen LogP) is 2.91. The molecule has 0 aromatic heterocycles. The highest BCUT2D eigenvalue weighted by molar-refractivity contribution is 5.27. The molecule has 2 nitrogen and oxygen atoms in total. The molecule has 0 aliphatic rings. The molecule has 0 unspecified atom stereocenters. The molecular weight excluding hydrogens is 188 g/mol. The van der Waals surface area contributed by atoms with E-state index in [1.165, 1.54) is 5.56 Å². The summed E-state index contributed by atoms with van der Waals surface area (Å²) in [6.07, 6.45) is 1.12. The van der Waals surface area contributed by atoms with Crippen molar-refractivity contribution in [2.24, 2.45) is 5.92 Å². The number of methoxy groups -OCH3 is 1. The maximum atomic E-state index is 5.48. The van der Waals surface area contributed by atoms with Crippen LogP contribution in [-0.4, -0.2) is 20.3 Å². The van der Waals surface area contributed by atoms with Crippen molar-refractivity contribution < 1.29 is 9.47 Å². The second-order valence-electron chi connectivity index (χ2n) is 4.08. The lowest BCUT2D eigenvalue weighted by Crippen LogP contribution is -2.04. The summed E-state index contributed by atoms with van der Waals surface area (Å²) in [4.78, 5) is 0. The first-order valence-electron chi connectivity index (χ1n) is 5.43. The van der Waals surface area contributed by atoms with Crippen molar-refractivity contribution in [2.45, 2.75) is 20.3 Å². The van der Waals surface area contributed by atoms with Crippen LogP contribution in [0.25, 0.3) is 0 Å². The van der Waals surface area contributed by atoms with Gasteiger partial charge in [0.25, 0.3) is 0 Å². The summed E-state index contributed by atoms with van der Waals surface area (Å²) in [5.74, 6) is 1.62. The largest absolute Gasteiger partial charge is 0.491 e. The molecule has 0 saturated carbocycles. The molecule has 0 amide bonds. The zero-order chi connectivity index (χ0) is 11.1. The van der Waals surface area contributed by atoms with Gasteiger partial charge in [0.15, 0.2) is 0 Å². The van der Waals surface area contributed by atoms with Gasteiger partial charge in [-0.15, -0.1) is 0 Å². The van der Waals surface area contributed by atoms with E-state index in [4.69, 9.17) is 9.47 Å². The van der Waals surface area contributed by atoms with Crippen LogP contribution in [0.4, 0.5) is 0 Å². The SMILES string of the molecule is COCCOc1ccc(CC(C)C)cc1. The van der Waals surface area contributed by atoms with E-state index in [1.54, 1.807) is 7.11 Å². The van der Waals surface area contributed by atoms with Crippen molar-refractivity contribution in [1.29, 1.82) is 0 Å². The first kappa shape index (κ1) is 12.1. The molecule has 0 spiro atoms. The van der Waals surface area contributed by atoms with E-state index in [0.717, 1.165) is 12.2 Å². The van der Waals surface area contributed by atoms with E-state index >= 15 is 0 Å². The summed E-state index contributed by atoms with van der Waals surface area (Å²) in [5.41, 5.74) is 1.36. The number of benzene rings is 1. The minimum absolute atomic E-state index is 0.611. The van der Waals surface area contributed by atoms with Crippen LogP contribution < -0.4 is 4.74 Å². The Labute approximate surface area is 92.2 Å². The summed E-state index contributed by atoms with van der Waals surface area (Å²) < 4.78 is 10.4. The molecule has 1 aromatic rings. The van der Waals surface area contributed by atoms with Gasteiger partial charge in [-0.05, 0) is 30.0 Å². The number of hydrogen-bond donors (Lipinski definition) is 0. The second kappa shape index (κ2) is 6.46. The fourth-order valence-electron chi connectivity index (χ4n) is 1.44. The lowest BCUT2D eigenvalue weighted by molar-refractivity contribution is 0.146. The zero-order valence-electron chi connectivity index (χ0n) is 9.82. The van der Waals surface area contributed by atoms with Crippen molar-refractivity contribution in [2.75, 3.05) is 20.3 Å². The van der Waals surface area contributed by atoms with Gasteiger partial charge in [0, 0.05) is 7.11 Å². The molecule has 0 atom stereocenters. The van der Waals surface area contributed by atoms with Crippen LogP contribution in [0.2, 0.25) is 0 Å². The average molecular weight is 208 g/mol. The molecule has 84 valence electrons. The highest BCUT2D eigenvalue weighted by Gasteiger charge is 1.98. The molecule has 0 aliphatic heterocycles. The molecule has 1 rings (SSSR count). The summed E-state index contributed by atoms with van der Waals surface area (Å²) in [6, 6.07) is 8.30. The molecule has 0 saturated heterocycles. The van der Waals surface area contributed by atoms with Gasteiger partial charge in [-0.1, -0.05) is 26.0 Å². The predicted molar refractivity (Wildman–Crippen MR) is 62.4 cm³/mol. The summed E-state index contributed by atoms with van der Waals surface area (Å²) in [5, 5.41) is 0. The van der Waals surface area contributed by atoms with E-state index in [1.807, 2.05) is 12.1 Å². The molecule has 2 heteroatoms. The molecule has 15 heavy (non-hydrogen) atoms. The van der Waals surface area contributed by atoms with E-state index in [2.05, 4.69) is 26.0 Å². The monoisotopic (exact) mass is 208 g/mol. The summed E-state index contributed by atoms with van der Waals surface area (Å²) >= 11 is 0. The highest BCUT2D eigenvalue weighted by Crippen LogP contribution is 2.14. The molecule has 0 heterocycles. The van der Waals surface area contributed by atoms with Crippen LogP contribution in [0.15, 0.2) is 24.3 Å².